The zero-order valence-electron chi connectivity index (χ0n) is 11.1. The summed E-state index contributed by atoms with van der Waals surface area (Å²) in [4.78, 5) is 2.14. The molecule has 3 heteroatoms. The molecule has 0 saturated heterocycles. The molecule has 0 bridgehead atoms. The second kappa shape index (κ2) is 4.65. The third-order valence-corrected chi connectivity index (χ3v) is 4.60. The van der Waals surface area contributed by atoms with E-state index in [4.69, 9.17) is 11.6 Å². The quantitative estimate of drug-likeness (QED) is 0.888. The number of nitrogens with zero attached hydrogens (tertiary/aromatic N) is 1. The number of halogens is 1. The fourth-order valence-corrected chi connectivity index (χ4v) is 3.47. The third-order valence-electron chi connectivity index (χ3n) is 4.37. The van der Waals surface area contributed by atoms with Crippen LogP contribution in [0, 0.1) is 11.8 Å². The Balaban J connectivity index is 1.80. The van der Waals surface area contributed by atoms with Crippen molar-refractivity contribution in [3.63, 3.8) is 0 Å². The highest BCUT2D eigenvalue weighted by Crippen LogP contribution is 2.50. The first-order chi connectivity index (χ1) is 8.65. The molecular weight excluding hydrogens is 244 g/mol. The molecule has 2 saturated carbocycles. The third kappa shape index (κ3) is 2.31. The molecule has 1 aromatic rings. The molecule has 0 aliphatic heterocycles. The van der Waals surface area contributed by atoms with E-state index in [1.807, 2.05) is 6.07 Å². The highest BCUT2D eigenvalue weighted by Gasteiger charge is 2.45. The molecule has 3 rings (SSSR count). The normalized spacial score (nSPS) is 29.6. The molecule has 1 unspecified atom stereocenters. The predicted octanol–water partition coefficient (Wildman–Crippen LogP) is 4.01. The van der Waals surface area contributed by atoms with Crippen molar-refractivity contribution in [3.05, 3.63) is 23.2 Å². The minimum absolute atomic E-state index is 0.654. The van der Waals surface area contributed by atoms with Crippen LogP contribution in [0.3, 0.4) is 0 Å². The van der Waals surface area contributed by atoms with Crippen LogP contribution in [0.2, 0.25) is 5.02 Å². The summed E-state index contributed by atoms with van der Waals surface area (Å²) in [6, 6.07) is 6.77. The molecular formula is C15H21ClN2. The van der Waals surface area contributed by atoms with Crippen molar-refractivity contribution in [1.82, 2.24) is 0 Å². The molecule has 1 aromatic carbocycles. The van der Waals surface area contributed by atoms with E-state index in [0.717, 1.165) is 16.9 Å². The lowest BCUT2D eigenvalue weighted by atomic mass is 9.95. The molecule has 0 radical (unpaired) electrons. The van der Waals surface area contributed by atoms with E-state index in [9.17, 15) is 0 Å². The summed E-state index contributed by atoms with van der Waals surface area (Å²) in [7, 11) is 4.16. The molecule has 2 aliphatic carbocycles. The van der Waals surface area contributed by atoms with Crippen molar-refractivity contribution in [2.75, 3.05) is 24.3 Å². The Labute approximate surface area is 114 Å². The number of benzene rings is 1. The molecule has 0 spiro atoms. The Morgan fingerprint density at radius 3 is 2.89 bits per heavy atom. The van der Waals surface area contributed by atoms with E-state index in [0.29, 0.717) is 6.04 Å². The van der Waals surface area contributed by atoms with E-state index in [1.165, 1.54) is 37.1 Å². The molecule has 0 amide bonds. The molecule has 2 aliphatic rings. The van der Waals surface area contributed by atoms with E-state index < -0.39 is 0 Å². The van der Waals surface area contributed by atoms with Gasteiger partial charge in [0, 0.05) is 25.2 Å². The maximum absolute atomic E-state index is 6.13. The highest BCUT2D eigenvalue weighted by atomic mass is 35.5. The van der Waals surface area contributed by atoms with Gasteiger partial charge in [-0.15, -0.1) is 0 Å². The molecule has 2 nitrogen and oxygen atoms in total. The molecule has 18 heavy (non-hydrogen) atoms. The van der Waals surface area contributed by atoms with E-state index >= 15 is 0 Å². The van der Waals surface area contributed by atoms with Gasteiger partial charge >= 0.3 is 0 Å². The molecule has 3 atom stereocenters. The summed E-state index contributed by atoms with van der Waals surface area (Å²) < 4.78 is 0. The fourth-order valence-electron chi connectivity index (χ4n) is 3.30. The first kappa shape index (κ1) is 12.2. The van der Waals surface area contributed by atoms with Crippen LogP contribution in [0.15, 0.2) is 18.2 Å². The number of nitrogens with one attached hydrogen (secondary N) is 1. The summed E-state index contributed by atoms with van der Waals surface area (Å²) in [6.07, 6.45) is 5.55. The van der Waals surface area contributed by atoms with E-state index in [1.54, 1.807) is 0 Å². The Hall–Kier alpha value is -0.890. The van der Waals surface area contributed by atoms with Gasteiger partial charge in [-0.05, 0) is 42.9 Å². The lowest BCUT2D eigenvalue weighted by Crippen LogP contribution is -2.26. The minimum atomic E-state index is 0.654. The zero-order chi connectivity index (χ0) is 12.7. The number of anilines is 2. The van der Waals surface area contributed by atoms with Gasteiger partial charge in [0.1, 0.15) is 0 Å². The SMILES string of the molecule is CN(C)c1ccc(Cl)cc1NC1CCC[C@H]2C[C@@H]12. The lowest BCUT2D eigenvalue weighted by molar-refractivity contribution is 0.440. The molecule has 1 N–H and O–H groups in total. The van der Waals surface area contributed by atoms with Crippen LogP contribution in [-0.2, 0) is 0 Å². The summed E-state index contributed by atoms with van der Waals surface area (Å²) >= 11 is 6.13. The van der Waals surface area contributed by atoms with Crippen molar-refractivity contribution in [2.45, 2.75) is 31.7 Å². The number of hydrogen-bond donors (Lipinski definition) is 1. The van der Waals surface area contributed by atoms with Gasteiger partial charge < -0.3 is 10.2 Å². The van der Waals surface area contributed by atoms with Crippen LogP contribution >= 0.6 is 11.6 Å². The first-order valence-corrected chi connectivity index (χ1v) is 7.26. The monoisotopic (exact) mass is 264 g/mol. The standard InChI is InChI=1S/C15H21ClN2/c1-18(2)15-7-6-11(16)9-14(15)17-13-5-3-4-10-8-12(10)13/h6-7,9-10,12-13,17H,3-5,8H2,1-2H3/t10-,12+,13?/m0/s1. The van der Waals surface area contributed by atoms with Crippen molar-refractivity contribution in [3.8, 4) is 0 Å². The summed E-state index contributed by atoms with van der Waals surface area (Å²) in [5, 5.41) is 4.55. The summed E-state index contributed by atoms with van der Waals surface area (Å²) in [5.74, 6) is 1.91. The van der Waals surface area contributed by atoms with Crippen LogP contribution in [0.25, 0.3) is 0 Å². The largest absolute Gasteiger partial charge is 0.380 e. The fraction of sp³-hybridized carbons (Fsp3) is 0.600. The Kier molecular flexibility index (Phi) is 3.14. The molecule has 2 fully saturated rings. The number of hydrogen-bond acceptors (Lipinski definition) is 2. The van der Waals surface area contributed by atoms with Crippen LogP contribution in [0.1, 0.15) is 25.7 Å². The summed E-state index contributed by atoms with van der Waals surface area (Å²) in [6.45, 7) is 0. The van der Waals surface area contributed by atoms with E-state index in [-0.39, 0.29) is 0 Å². The average molecular weight is 265 g/mol. The summed E-state index contributed by atoms with van der Waals surface area (Å²) in [5.41, 5.74) is 2.41. The van der Waals surface area contributed by atoms with Gasteiger partial charge in [0.15, 0.2) is 0 Å². The Morgan fingerprint density at radius 2 is 2.11 bits per heavy atom. The van der Waals surface area contributed by atoms with E-state index in [2.05, 4.69) is 36.4 Å². The van der Waals surface area contributed by atoms with Gasteiger partial charge in [-0.3, -0.25) is 0 Å². The van der Waals surface area contributed by atoms with Crippen molar-refractivity contribution >= 4 is 23.0 Å². The number of rotatable bonds is 3. The highest BCUT2D eigenvalue weighted by molar-refractivity contribution is 6.31. The van der Waals surface area contributed by atoms with Gasteiger partial charge in [-0.25, -0.2) is 0 Å². The van der Waals surface area contributed by atoms with Crippen molar-refractivity contribution in [2.24, 2.45) is 11.8 Å². The second-order valence-corrected chi connectivity index (χ2v) is 6.33. The topological polar surface area (TPSA) is 15.3 Å². The molecule has 0 heterocycles. The van der Waals surface area contributed by atoms with Gasteiger partial charge in [-0.1, -0.05) is 24.4 Å². The smallest absolute Gasteiger partial charge is 0.0597 e. The van der Waals surface area contributed by atoms with Gasteiger partial charge in [0.2, 0.25) is 0 Å². The van der Waals surface area contributed by atoms with Crippen LogP contribution in [-0.4, -0.2) is 20.1 Å². The van der Waals surface area contributed by atoms with Crippen LogP contribution < -0.4 is 10.2 Å². The Bertz CT molecular complexity index is 444. The van der Waals surface area contributed by atoms with Crippen LogP contribution in [0.4, 0.5) is 11.4 Å². The lowest BCUT2D eigenvalue weighted by Gasteiger charge is -2.27. The average Bonchev–Trinajstić information content (AvgIpc) is 3.09. The first-order valence-electron chi connectivity index (χ1n) is 6.88. The molecule has 0 aromatic heterocycles. The Morgan fingerprint density at radius 1 is 1.28 bits per heavy atom. The zero-order valence-corrected chi connectivity index (χ0v) is 11.9. The maximum Gasteiger partial charge on any atom is 0.0597 e. The van der Waals surface area contributed by atoms with Crippen molar-refractivity contribution in [1.29, 1.82) is 0 Å². The number of fused-ring (bicyclic) bond motifs is 1. The second-order valence-electron chi connectivity index (χ2n) is 5.90. The van der Waals surface area contributed by atoms with Crippen LogP contribution in [0.5, 0.6) is 0 Å². The molecule has 98 valence electrons. The maximum atomic E-state index is 6.13. The minimum Gasteiger partial charge on any atom is -0.380 e. The van der Waals surface area contributed by atoms with Gasteiger partial charge in [0.05, 0.1) is 11.4 Å². The van der Waals surface area contributed by atoms with Gasteiger partial charge in [0.25, 0.3) is 0 Å². The predicted molar refractivity (Wildman–Crippen MR) is 78.6 cm³/mol. The van der Waals surface area contributed by atoms with Crippen molar-refractivity contribution < 1.29 is 0 Å². The van der Waals surface area contributed by atoms with Gasteiger partial charge in [-0.2, -0.15) is 0 Å².